The molecule has 1 aliphatic carbocycles. The minimum absolute atomic E-state index is 0.120. The first-order chi connectivity index (χ1) is 11.7. The molecule has 0 N–H and O–H groups in total. The molecule has 0 spiro atoms. The monoisotopic (exact) mass is 332 g/mol. The summed E-state index contributed by atoms with van der Waals surface area (Å²) in [5.74, 6) is 2.18. The van der Waals surface area contributed by atoms with E-state index in [1.54, 1.807) is 0 Å². The lowest BCUT2D eigenvalue weighted by Crippen LogP contribution is -2.38. The highest BCUT2D eigenvalue weighted by Crippen LogP contribution is 2.34. The van der Waals surface area contributed by atoms with Crippen LogP contribution < -0.4 is 0 Å². The fraction of sp³-hybridized carbons (Fsp3) is 0.778. The Hall–Kier alpha value is -1.40. The number of nitrogens with zero attached hydrogens (tertiary/aromatic N) is 4. The van der Waals surface area contributed by atoms with E-state index in [4.69, 9.17) is 4.74 Å². The smallest absolute Gasteiger partial charge is 0.248 e. The summed E-state index contributed by atoms with van der Waals surface area (Å²) < 4.78 is 7.98. The van der Waals surface area contributed by atoms with Crippen molar-refractivity contribution in [1.82, 2.24) is 19.4 Å². The van der Waals surface area contributed by atoms with Crippen molar-refractivity contribution in [3.63, 3.8) is 0 Å². The molecule has 132 valence electrons. The van der Waals surface area contributed by atoms with Crippen LogP contribution in [0.5, 0.6) is 0 Å². The van der Waals surface area contributed by atoms with E-state index in [0.717, 1.165) is 56.5 Å². The molecule has 0 aromatic carbocycles. The van der Waals surface area contributed by atoms with Gasteiger partial charge in [-0.1, -0.05) is 0 Å². The molecule has 1 unspecified atom stereocenters. The molecule has 6 heteroatoms. The van der Waals surface area contributed by atoms with Crippen molar-refractivity contribution in [2.24, 2.45) is 5.92 Å². The Morgan fingerprint density at radius 3 is 2.79 bits per heavy atom. The third-order valence-electron chi connectivity index (χ3n) is 5.63. The minimum Gasteiger partial charge on any atom is -0.365 e. The third-order valence-corrected chi connectivity index (χ3v) is 5.63. The third kappa shape index (κ3) is 3.35. The Bertz CT molecular complexity index is 590. The number of imidazole rings is 1. The first kappa shape index (κ1) is 16.1. The van der Waals surface area contributed by atoms with E-state index in [-0.39, 0.29) is 12.5 Å². The van der Waals surface area contributed by atoms with Crippen LogP contribution in [-0.4, -0.2) is 58.0 Å². The Morgan fingerprint density at radius 2 is 2.04 bits per heavy atom. The molecular weight excluding hydrogens is 304 g/mol. The molecule has 1 amide bonds. The predicted octanol–water partition coefficient (Wildman–Crippen LogP) is 1.81. The fourth-order valence-electron chi connectivity index (χ4n) is 3.90. The van der Waals surface area contributed by atoms with Crippen molar-refractivity contribution in [2.75, 3.05) is 32.8 Å². The van der Waals surface area contributed by atoms with Crippen molar-refractivity contribution >= 4 is 5.91 Å². The summed E-state index contributed by atoms with van der Waals surface area (Å²) in [6.07, 6.45) is 6.95. The molecular formula is C18H28N4O2. The molecule has 3 heterocycles. The zero-order valence-electron chi connectivity index (χ0n) is 14.6. The summed E-state index contributed by atoms with van der Waals surface area (Å²) in [5, 5.41) is 0. The van der Waals surface area contributed by atoms with Gasteiger partial charge in [0.05, 0.1) is 24.5 Å². The average molecular weight is 332 g/mol. The second kappa shape index (κ2) is 6.84. The van der Waals surface area contributed by atoms with Gasteiger partial charge in [-0.05, 0) is 38.5 Å². The first-order valence-corrected chi connectivity index (χ1v) is 9.36. The van der Waals surface area contributed by atoms with Crippen LogP contribution in [0.3, 0.4) is 0 Å². The number of likely N-dealkylation sites (tertiary alicyclic amines) is 1. The molecule has 24 heavy (non-hydrogen) atoms. The molecule has 1 aromatic rings. The standard InChI is InChI=1S/C18H28N4O2/c1-14-18-19-10-16(12-24-13-17(23)20-6-2-3-7-20)22(18)9-8-21(14)11-15-4-5-15/h10,14-15H,2-9,11-13H2,1H3. The fourth-order valence-corrected chi connectivity index (χ4v) is 3.90. The Labute approximate surface area is 143 Å². The molecule has 1 atom stereocenters. The summed E-state index contributed by atoms with van der Waals surface area (Å²) in [5.41, 5.74) is 1.09. The molecule has 2 fully saturated rings. The second-order valence-corrected chi connectivity index (χ2v) is 7.45. The van der Waals surface area contributed by atoms with Crippen LogP contribution in [0, 0.1) is 5.92 Å². The van der Waals surface area contributed by atoms with E-state index < -0.39 is 0 Å². The molecule has 3 aliphatic rings. The van der Waals surface area contributed by atoms with Gasteiger partial charge >= 0.3 is 0 Å². The average Bonchev–Trinajstić information content (AvgIpc) is 3.08. The zero-order chi connectivity index (χ0) is 16.5. The summed E-state index contributed by atoms with van der Waals surface area (Å²) in [4.78, 5) is 21.1. The van der Waals surface area contributed by atoms with Gasteiger partial charge in [0, 0.05) is 32.7 Å². The lowest BCUT2D eigenvalue weighted by atomic mass is 10.2. The summed E-state index contributed by atoms with van der Waals surface area (Å²) >= 11 is 0. The van der Waals surface area contributed by atoms with Crippen LogP contribution in [-0.2, 0) is 22.7 Å². The zero-order valence-corrected chi connectivity index (χ0v) is 14.6. The highest BCUT2D eigenvalue weighted by atomic mass is 16.5. The van der Waals surface area contributed by atoms with Crippen LogP contribution >= 0.6 is 0 Å². The number of rotatable bonds is 6. The lowest BCUT2D eigenvalue weighted by molar-refractivity contribution is -0.135. The van der Waals surface area contributed by atoms with Gasteiger partial charge in [-0.15, -0.1) is 0 Å². The van der Waals surface area contributed by atoms with Gasteiger partial charge in [-0.25, -0.2) is 4.98 Å². The van der Waals surface area contributed by atoms with Gasteiger partial charge in [0.15, 0.2) is 0 Å². The molecule has 1 saturated heterocycles. The van der Waals surface area contributed by atoms with Gasteiger partial charge in [0.1, 0.15) is 12.4 Å². The number of amides is 1. The van der Waals surface area contributed by atoms with Gasteiger partial charge in [-0.2, -0.15) is 0 Å². The maximum Gasteiger partial charge on any atom is 0.248 e. The Kier molecular flexibility index (Phi) is 4.59. The number of carbonyl (C=O) groups excluding carboxylic acids is 1. The highest BCUT2D eigenvalue weighted by molar-refractivity contribution is 5.77. The Balaban J connectivity index is 1.31. The summed E-state index contributed by atoms with van der Waals surface area (Å²) in [6.45, 7) is 7.96. The lowest BCUT2D eigenvalue weighted by Gasteiger charge is -2.34. The van der Waals surface area contributed by atoms with Crippen molar-refractivity contribution in [2.45, 2.75) is 51.8 Å². The first-order valence-electron chi connectivity index (χ1n) is 9.36. The van der Waals surface area contributed by atoms with Crippen LogP contribution in [0.15, 0.2) is 6.20 Å². The van der Waals surface area contributed by atoms with E-state index in [1.165, 1.54) is 19.4 Å². The number of fused-ring (bicyclic) bond motifs is 1. The second-order valence-electron chi connectivity index (χ2n) is 7.45. The number of carbonyl (C=O) groups is 1. The summed E-state index contributed by atoms with van der Waals surface area (Å²) in [6, 6.07) is 0.374. The van der Waals surface area contributed by atoms with E-state index in [1.807, 2.05) is 11.1 Å². The minimum atomic E-state index is 0.120. The molecule has 1 aromatic heterocycles. The van der Waals surface area contributed by atoms with Crippen molar-refractivity contribution < 1.29 is 9.53 Å². The molecule has 6 nitrogen and oxygen atoms in total. The molecule has 1 saturated carbocycles. The van der Waals surface area contributed by atoms with E-state index in [2.05, 4.69) is 21.4 Å². The maximum absolute atomic E-state index is 12.0. The van der Waals surface area contributed by atoms with Crippen LogP contribution in [0.1, 0.15) is 50.2 Å². The van der Waals surface area contributed by atoms with Crippen LogP contribution in [0.4, 0.5) is 0 Å². The van der Waals surface area contributed by atoms with E-state index in [9.17, 15) is 4.79 Å². The SMILES string of the molecule is CC1c2ncc(COCC(=O)N3CCCC3)n2CCN1CC1CC1. The van der Waals surface area contributed by atoms with Crippen LogP contribution in [0.25, 0.3) is 0 Å². The molecule has 2 aliphatic heterocycles. The predicted molar refractivity (Wildman–Crippen MR) is 90.4 cm³/mol. The van der Waals surface area contributed by atoms with Gasteiger partial charge in [-0.3, -0.25) is 9.69 Å². The van der Waals surface area contributed by atoms with Gasteiger partial charge in [0.25, 0.3) is 0 Å². The number of hydrogen-bond donors (Lipinski definition) is 0. The van der Waals surface area contributed by atoms with Gasteiger partial charge < -0.3 is 14.2 Å². The number of hydrogen-bond acceptors (Lipinski definition) is 4. The normalized spacial score (nSPS) is 24.4. The number of aromatic nitrogens is 2. The molecule has 0 bridgehead atoms. The Morgan fingerprint density at radius 1 is 1.25 bits per heavy atom. The van der Waals surface area contributed by atoms with Gasteiger partial charge in [0.2, 0.25) is 5.91 Å². The number of ether oxygens (including phenoxy) is 1. The van der Waals surface area contributed by atoms with Crippen molar-refractivity contribution in [3.05, 3.63) is 17.7 Å². The van der Waals surface area contributed by atoms with Crippen molar-refractivity contribution in [3.8, 4) is 0 Å². The van der Waals surface area contributed by atoms with Crippen LogP contribution in [0.2, 0.25) is 0 Å². The maximum atomic E-state index is 12.0. The molecule has 4 rings (SSSR count). The molecule has 0 radical (unpaired) electrons. The topological polar surface area (TPSA) is 50.6 Å². The van der Waals surface area contributed by atoms with E-state index in [0.29, 0.717) is 12.6 Å². The van der Waals surface area contributed by atoms with Crippen molar-refractivity contribution in [1.29, 1.82) is 0 Å². The summed E-state index contributed by atoms with van der Waals surface area (Å²) in [7, 11) is 0. The largest absolute Gasteiger partial charge is 0.365 e. The quantitative estimate of drug-likeness (QED) is 0.797. The highest BCUT2D eigenvalue weighted by Gasteiger charge is 2.31. The van der Waals surface area contributed by atoms with E-state index >= 15 is 0 Å².